The molecule has 0 saturated carbocycles. The molecule has 0 radical (unpaired) electrons. The minimum atomic E-state index is -3.06. The van der Waals surface area contributed by atoms with Crippen LogP contribution in [0, 0.1) is 13.8 Å². The number of amides is 2. The summed E-state index contributed by atoms with van der Waals surface area (Å²) in [4.78, 5) is 16.1. The van der Waals surface area contributed by atoms with Gasteiger partial charge in [-0.2, -0.15) is 8.78 Å². The highest BCUT2D eigenvalue weighted by Gasteiger charge is 2.24. The Morgan fingerprint density at radius 1 is 1.41 bits per heavy atom. The summed E-state index contributed by atoms with van der Waals surface area (Å²) >= 11 is 0. The van der Waals surface area contributed by atoms with Crippen molar-refractivity contribution < 1.29 is 23.0 Å². The molecule has 146 valence electrons. The smallest absolute Gasteiger partial charge is 0.387 e. The first kappa shape index (κ1) is 20.3. The fourth-order valence-electron chi connectivity index (χ4n) is 2.39. The number of rotatable bonds is 6. The fraction of sp³-hybridized carbons (Fsp3) is 0.294. The van der Waals surface area contributed by atoms with Crippen molar-refractivity contribution in [3.8, 4) is 5.88 Å². The van der Waals surface area contributed by atoms with Crippen molar-refractivity contribution in [1.82, 2.24) is 15.4 Å². The maximum Gasteiger partial charge on any atom is 0.387 e. The number of nitrogens with one attached hydrogen (secondary N) is 1. The van der Waals surface area contributed by atoms with Crippen LogP contribution in [-0.4, -0.2) is 29.2 Å². The van der Waals surface area contributed by atoms with Crippen LogP contribution in [0.5, 0.6) is 5.88 Å². The molecule has 5 N–H and O–H groups in total. The number of nitrogens with zero attached hydrogens (tertiary/aromatic N) is 2. The van der Waals surface area contributed by atoms with E-state index in [2.05, 4.69) is 9.72 Å². The van der Waals surface area contributed by atoms with Gasteiger partial charge < -0.3 is 9.47 Å². The largest absolute Gasteiger partial charge is 0.472 e. The highest BCUT2D eigenvalue weighted by Crippen LogP contribution is 2.27. The van der Waals surface area contributed by atoms with Gasteiger partial charge in [-0.05, 0) is 26.0 Å². The average Bonchev–Trinajstić information content (AvgIpc) is 2.82. The quantitative estimate of drug-likeness (QED) is 0.395. The number of carbonyl (C=O) groups is 1. The van der Waals surface area contributed by atoms with Gasteiger partial charge in [-0.3, -0.25) is 5.43 Å². The second-order valence-corrected chi connectivity index (χ2v) is 5.65. The molecule has 0 aromatic carbocycles. The van der Waals surface area contributed by atoms with E-state index in [0.29, 0.717) is 5.88 Å². The molecule has 1 aliphatic carbocycles. The number of halogens is 2. The molecule has 0 atom stereocenters. The number of aryl methyl sites for hydroxylation is 2. The lowest BCUT2D eigenvalue weighted by Gasteiger charge is -2.23. The minimum absolute atomic E-state index is 0.167. The highest BCUT2D eigenvalue weighted by atomic mass is 19.3. The Kier molecular flexibility index (Phi) is 6.85. The lowest BCUT2D eigenvalue weighted by molar-refractivity contribution is -0.0940. The molecule has 27 heavy (non-hydrogen) atoms. The van der Waals surface area contributed by atoms with Gasteiger partial charge in [0.15, 0.2) is 0 Å². The van der Waals surface area contributed by atoms with Crippen molar-refractivity contribution in [2.24, 2.45) is 11.7 Å². The lowest BCUT2D eigenvalue weighted by Crippen LogP contribution is -2.47. The zero-order valence-corrected chi connectivity index (χ0v) is 14.9. The van der Waals surface area contributed by atoms with Crippen LogP contribution < -0.4 is 21.8 Å². The number of aromatic nitrogens is 1. The van der Waals surface area contributed by atoms with Crippen LogP contribution in [0.3, 0.4) is 0 Å². The van der Waals surface area contributed by atoms with Crippen molar-refractivity contribution >= 4 is 6.03 Å². The number of alkyl halides is 2. The number of hydrazine groups is 2. The van der Waals surface area contributed by atoms with E-state index in [-0.39, 0.29) is 30.1 Å². The summed E-state index contributed by atoms with van der Waals surface area (Å²) < 4.78 is 36.0. The van der Waals surface area contributed by atoms with E-state index >= 15 is 0 Å². The Hall–Kier alpha value is -2.98. The lowest BCUT2D eigenvalue weighted by atomic mass is 10.1. The molecule has 1 aromatic rings. The molecule has 2 rings (SSSR count). The van der Waals surface area contributed by atoms with Gasteiger partial charge in [0.2, 0.25) is 5.88 Å². The van der Waals surface area contributed by atoms with E-state index in [0.717, 1.165) is 16.3 Å². The van der Waals surface area contributed by atoms with Crippen LogP contribution in [0.25, 0.3) is 0 Å². The van der Waals surface area contributed by atoms with Crippen LogP contribution >= 0.6 is 0 Å². The Bertz CT molecular complexity index is 793. The van der Waals surface area contributed by atoms with Crippen LogP contribution in [-0.2, 0) is 4.74 Å². The predicted molar refractivity (Wildman–Crippen MR) is 93.9 cm³/mol. The Morgan fingerprint density at radius 3 is 2.81 bits per heavy atom. The predicted octanol–water partition coefficient (Wildman–Crippen LogP) is 2.17. The van der Waals surface area contributed by atoms with Crippen molar-refractivity contribution in [1.29, 1.82) is 0 Å². The van der Waals surface area contributed by atoms with Gasteiger partial charge in [-0.1, -0.05) is 18.2 Å². The number of hydrogen-bond donors (Lipinski definition) is 3. The molecule has 1 aromatic heterocycles. The molecular weight excluding hydrogens is 360 g/mol. The molecule has 1 aliphatic rings. The molecule has 0 unspecified atom stereocenters. The zero-order chi connectivity index (χ0) is 20.0. The van der Waals surface area contributed by atoms with E-state index in [1.807, 2.05) is 17.6 Å². The number of urea groups is 1. The molecule has 2 amide bonds. The van der Waals surface area contributed by atoms with E-state index in [9.17, 15) is 13.6 Å². The zero-order valence-electron chi connectivity index (χ0n) is 14.9. The van der Waals surface area contributed by atoms with Gasteiger partial charge in [-0.15, -0.1) is 0 Å². The number of nitrogens with two attached hydrogens (primary N) is 2. The minimum Gasteiger partial charge on any atom is -0.472 e. The summed E-state index contributed by atoms with van der Waals surface area (Å²) in [6, 6.07) is 2.82. The van der Waals surface area contributed by atoms with Gasteiger partial charge in [0.25, 0.3) is 0 Å². The van der Waals surface area contributed by atoms with E-state index < -0.39 is 12.6 Å². The van der Waals surface area contributed by atoms with Crippen LogP contribution in [0.15, 0.2) is 47.4 Å². The monoisotopic (exact) mass is 381 g/mol. The van der Waals surface area contributed by atoms with E-state index in [4.69, 9.17) is 16.4 Å². The number of hydrogen-bond acceptors (Lipinski definition) is 6. The third-order valence-corrected chi connectivity index (χ3v) is 3.73. The van der Waals surface area contributed by atoms with Crippen molar-refractivity contribution in [3.05, 3.63) is 58.6 Å². The molecular formula is C17H21F2N5O3. The number of allylic oxidation sites excluding steroid dienone is 3. The van der Waals surface area contributed by atoms with Crippen LogP contribution in [0.1, 0.15) is 17.7 Å². The fourth-order valence-corrected chi connectivity index (χ4v) is 2.39. The first-order valence-electron chi connectivity index (χ1n) is 8.00. The number of carbonyl (C=O) groups excluding carboxylic acids is 1. The molecule has 8 nitrogen and oxygen atoms in total. The number of ether oxygens (including phenoxy) is 2. The Labute approximate surface area is 155 Å². The summed E-state index contributed by atoms with van der Waals surface area (Å²) in [5.74, 6) is 11.1. The Balaban J connectivity index is 2.41. The van der Waals surface area contributed by atoms with Gasteiger partial charge in [0.05, 0.1) is 11.3 Å². The van der Waals surface area contributed by atoms with Gasteiger partial charge in [-0.25, -0.2) is 26.5 Å². The highest BCUT2D eigenvalue weighted by molar-refractivity contribution is 5.75. The second-order valence-electron chi connectivity index (χ2n) is 5.65. The van der Waals surface area contributed by atoms with Crippen molar-refractivity contribution in [2.75, 3.05) is 6.61 Å². The molecule has 0 spiro atoms. The third kappa shape index (κ3) is 5.25. The SMILES string of the molecule is Cc1ccc(C)c(OCC2=C(N(N)C(=O)NN)CC=CC=C2OC(F)F)n1. The maximum atomic E-state index is 12.9. The van der Waals surface area contributed by atoms with Gasteiger partial charge in [0, 0.05) is 17.7 Å². The topological polar surface area (TPSA) is 116 Å². The Morgan fingerprint density at radius 2 is 2.15 bits per heavy atom. The van der Waals surface area contributed by atoms with Gasteiger partial charge >= 0.3 is 12.6 Å². The van der Waals surface area contributed by atoms with Crippen molar-refractivity contribution in [3.63, 3.8) is 0 Å². The average molecular weight is 381 g/mol. The summed E-state index contributed by atoms with van der Waals surface area (Å²) in [5.41, 5.74) is 3.76. The van der Waals surface area contributed by atoms with E-state index in [1.54, 1.807) is 19.9 Å². The maximum absolute atomic E-state index is 12.9. The van der Waals surface area contributed by atoms with Crippen LogP contribution in [0.4, 0.5) is 13.6 Å². The third-order valence-electron chi connectivity index (χ3n) is 3.73. The molecule has 0 aliphatic heterocycles. The normalized spacial score (nSPS) is 14.0. The van der Waals surface area contributed by atoms with E-state index in [1.165, 1.54) is 12.2 Å². The molecule has 0 bridgehead atoms. The molecule has 1 heterocycles. The molecule has 0 saturated heterocycles. The molecule has 10 heteroatoms. The standard InChI is InChI=1S/C17H21F2N5O3/c1-10-7-8-11(2)22-15(10)26-9-12-13(24(21)17(25)23-20)5-3-4-6-14(12)27-16(18)19/h3-4,6-8,16H,5,9,20-21H2,1-2H3,(H,23,25). The van der Waals surface area contributed by atoms with Crippen LogP contribution in [0.2, 0.25) is 0 Å². The first-order valence-corrected chi connectivity index (χ1v) is 8.00. The summed E-state index contributed by atoms with van der Waals surface area (Å²) in [6.07, 6.45) is 4.68. The summed E-state index contributed by atoms with van der Waals surface area (Å²) in [6.45, 7) is 0.339. The summed E-state index contributed by atoms with van der Waals surface area (Å²) in [7, 11) is 0. The molecule has 0 fully saturated rings. The number of pyridine rings is 1. The summed E-state index contributed by atoms with van der Waals surface area (Å²) in [5, 5.41) is 0.730. The second kappa shape index (κ2) is 9.10. The van der Waals surface area contributed by atoms with Gasteiger partial charge in [0.1, 0.15) is 12.4 Å². The van der Waals surface area contributed by atoms with Crippen molar-refractivity contribution in [2.45, 2.75) is 26.9 Å². The first-order chi connectivity index (χ1) is 12.8.